The monoisotopic (exact) mass is 437 g/mol. The van der Waals surface area contributed by atoms with E-state index in [9.17, 15) is 18.0 Å². The molecule has 1 aliphatic rings. The molecular formula is C19H18F3N5O2S. The third-order valence-electron chi connectivity index (χ3n) is 4.85. The van der Waals surface area contributed by atoms with Crippen molar-refractivity contribution in [3.63, 3.8) is 0 Å². The first-order valence-electron chi connectivity index (χ1n) is 9.13. The van der Waals surface area contributed by atoms with Gasteiger partial charge in [0.15, 0.2) is 0 Å². The van der Waals surface area contributed by atoms with Crippen molar-refractivity contribution in [1.82, 2.24) is 19.5 Å². The number of fused-ring (bicyclic) bond motifs is 1. The first-order valence-corrected chi connectivity index (χ1v) is 9.95. The summed E-state index contributed by atoms with van der Waals surface area (Å²) in [5.74, 6) is 1.25. The van der Waals surface area contributed by atoms with Crippen molar-refractivity contribution in [2.75, 3.05) is 18.6 Å². The predicted molar refractivity (Wildman–Crippen MR) is 105 cm³/mol. The highest BCUT2D eigenvalue weighted by Gasteiger charge is 2.32. The van der Waals surface area contributed by atoms with E-state index in [0.29, 0.717) is 53.4 Å². The Kier molecular flexibility index (Phi) is 5.22. The SMILES string of the molecule is COc1ccc2c(n1)CCN(c1nc(C)n(Cc3ccc(C(F)(F)F)s3)c(=O)n1)C2. The van der Waals surface area contributed by atoms with E-state index in [2.05, 4.69) is 15.0 Å². The molecule has 3 aromatic heterocycles. The maximum Gasteiger partial charge on any atom is 0.425 e. The number of methoxy groups -OCH3 is 1. The van der Waals surface area contributed by atoms with Crippen LogP contribution in [0.3, 0.4) is 0 Å². The molecule has 0 radical (unpaired) electrons. The first-order chi connectivity index (χ1) is 14.2. The van der Waals surface area contributed by atoms with Crippen LogP contribution in [-0.4, -0.2) is 33.2 Å². The van der Waals surface area contributed by atoms with E-state index in [1.807, 2.05) is 11.0 Å². The molecule has 0 bridgehead atoms. The molecule has 4 heterocycles. The number of aryl methyl sites for hydroxylation is 1. The van der Waals surface area contributed by atoms with Gasteiger partial charge in [-0.1, -0.05) is 6.07 Å². The lowest BCUT2D eigenvalue weighted by Gasteiger charge is -2.28. The van der Waals surface area contributed by atoms with Crippen LogP contribution in [0.1, 0.15) is 26.8 Å². The summed E-state index contributed by atoms with van der Waals surface area (Å²) in [7, 11) is 1.57. The predicted octanol–water partition coefficient (Wildman–Crippen LogP) is 3.04. The molecule has 1 aliphatic heterocycles. The Morgan fingerprint density at radius 2 is 1.97 bits per heavy atom. The summed E-state index contributed by atoms with van der Waals surface area (Å²) in [5, 5.41) is 0. The summed E-state index contributed by atoms with van der Waals surface area (Å²) < 4.78 is 44.8. The molecule has 0 atom stereocenters. The minimum absolute atomic E-state index is 0.00174. The Hall–Kier alpha value is -2.95. The Labute approximate surface area is 173 Å². The third-order valence-corrected chi connectivity index (χ3v) is 5.96. The first kappa shape index (κ1) is 20.3. The number of thiophene rings is 1. The van der Waals surface area contributed by atoms with Crippen LogP contribution in [0.25, 0.3) is 0 Å². The Bertz CT molecular complexity index is 1140. The number of rotatable bonds is 4. The van der Waals surface area contributed by atoms with Crippen LogP contribution >= 0.6 is 11.3 Å². The summed E-state index contributed by atoms with van der Waals surface area (Å²) in [5.41, 5.74) is 1.40. The maximum atomic E-state index is 12.8. The van der Waals surface area contributed by atoms with Crippen molar-refractivity contribution in [3.8, 4) is 5.88 Å². The van der Waals surface area contributed by atoms with Gasteiger partial charge in [-0.05, 0) is 24.6 Å². The second kappa shape index (κ2) is 7.71. The maximum absolute atomic E-state index is 12.8. The van der Waals surface area contributed by atoms with Gasteiger partial charge in [-0.25, -0.2) is 9.78 Å². The van der Waals surface area contributed by atoms with E-state index in [0.717, 1.165) is 17.3 Å². The molecule has 0 saturated carbocycles. The fraction of sp³-hybridized carbons (Fsp3) is 0.368. The van der Waals surface area contributed by atoms with E-state index < -0.39 is 16.7 Å². The summed E-state index contributed by atoms with van der Waals surface area (Å²) in [6.45, 7) is 2.75. The molecule has 0 saturated heterocycles. The van der Waals surface area contributed by atoms with Gasteiger partial charge in [0, 0.05) is 30.5 Å². The van der Waals surface area contributed by atoms with Crippen LogP contribution in [0.15, 0.2) is 29.1 Å². The van der Waals surface area contributed by atoms with Crippen LogP contribution in [-0.2, 0) is 25.7 Å². The molecule has 30 heavy (non-hydrogen) atoms. The second-order valence-corrected chi connectivity index (χ2v) is 8.00. The van der Waals surface area contributed by atoms with Gasteiger partial charge < -0.3 is 9.64 Å². The molecule has 0 aromatic carbocycles. The average molecular weight is 437 g/mol. The van der Waals surface area contributed by atoms with Crippen molar-refractivity contribution in [2.24, 2.45) is 0 Å². The molecule has 0 N–H and O–H groups in total. The fourth-order valence-corrected chi connectivity index (χ4v) is 4.15. The number of hydrogen-bond donors (Lipinski definition) is 0. The van der Waals surface area contributed by atoms with Gasteiger partial charge in [0.05, 0.1) is 19.3 Å². The van der Waals surface area contributed by atoms with Crippen molar-refractivity contribution in [1.29, 1.82) is 0 Å². The number of aromatic nitrogens is 4. The molecule has 0 spiro atoms. The molecule has 0 unspecified atom stereocenters. The average Bonchev–Trinajstić information content (AvgIpc) is 3.19. The number of halogens is 3. The van der Waals surface area contributed by atoms with E-state index in [1.165, 1.54) is 10.6 Å². The normalized spacial score (nSPS) is 14.0. The molecular weight excluding hydrogens is 419 g/mol. The van der Waals surface area contributed by atoms with E-state index >= 15 is 0 Å². The van der Waals surface area contributed by atoms with Crippen LogP contribution in [0.2, 0.25) is 0 Å². The molecule has 4 rings (SSSR count). The molecule has 0 fully saturated rings. The Morgan fingerprint density at radius 3 is 2.63 bits per heavy atom. The van der Waals surface area contributed by atoms with Gasteiger partial charge in [0.2, 0.25) is 11.8 Å². The number of anilines is 1. The molecule has 7 nitrogen and oxygen atoms in total. The largest absolute Gasteiger partial charge is 0.481 e. The van der Waals surface area contributed by atoms with Crippen molar-refractivity contribution < 1.29 is 17.9 Å². The van der Waals surface area contributed by atoms with Crippen LogP contribution in [0.4, 0.5) is 19.1 Å². The van der Waals surface area contributed by atoms with Gasteiger partial charge in [-0.15, -0.1) is 11.3 Å². The molecule has 3 aromatic rings. The fourth-order valence-electron chi connectivity index (χ4n) is 3.29. The zero-order chi connectivity index (χ0) is 21.5. The van der Waals surface area contributed by atoms with Gasteiger partial charge in [0.1, 0.15) is 10.7 Å². The third kappa shape index (κ3) is 4.02. The van der Waals surface area contributed by atoms with Crippen LogP contribution in [0.5, 0.6) is 5.88 Å². The smallest absolute Gasteiger partial charge is 0.425 e. The molecule has 0 amide bonds. The van der Waals surface area contributed by atoms with Crippen molar-refractivity contribution in [3.05, 3.63) is 61.6 Å². The van der Waals surface area contributed by atoms with E-state index in [4.69, 9.17) is 4.74 Å². The van der Waals surface area contributed by atoms with Gasteiger partial charge >= 0.3 is 11.9 Å². The van der Waals surface area contributed by atoms with Crippen molar-refractivity contribution in [2.45, 2.75) is 32.6 Å². The molecule has 0 aliphatic carbocycles. The standard InChI is InChI=1S/C19H18F3N5O2S/c1-11-23-17(26-8-7-14-12(9-26)3-6-16(24-14)29-2)25-18(28)27(11)10-13-4-5-15(30-13)19(20,21)22/h3-6H,7-10H2,1-2H3. The Balaban J connectivity index is 1.56. The minimum Gasteiger partial charge on any atom is -0.481 e. The van der Waals surface area contributed by atoms with Gasteiger partial charge in [0.25, 0.3) is 0 Å². The quantitative estimate of drug-likeness (QED) is 0.625. The number of nitrogens with zero attached hydrogens (tertiary/aromatic N) is 5. The van der Waals surface area contributed by atoms with E-state index in [-0.39, 0.29) is 6.54 Å². The molecule has 158 valence electrons. The van der Waals surface area contributed by atoms with E-state index in [1.54, 1.807) is 20.1 Å². The topological polar surface area (TPSA) is 73.1 Å². The highest BCUT2D eigenvalue weighted by molar-refractivity contribution is 7.12. The summed E-state index contributed by atoms with van der Waals surface area (Å²) >= 11 is 0.612. The summed E-state index contributed by atoms with van der Waals surface area (Å²) in [6, 6.07) is 6.10. The number of hydrogen-bond acceptors (Lipinski definition) is 7. The van der Waals surface area contributed by atoms with Crippen LogP contribution < -0.4 is 15.3 Å². The lowest BCUT2D eigenvalue weighted by molar-refractivity contribution is -0.134. The zero-order valence-electron chi connectivity index (χ0n) is 16.2. The summed E-state index contributed by atoms with van der Waals surface area (Å²) in [4.78, 5) is 27.1. The van der Waals surface area contributed by atoms with Gasteiger partial charge in [-0.3, -0.25) is 4.57 Å². The lowest BCUT2D eigenvalue weighted by Crippen LogP contribution is -2.36. The minimum atomic E-state index is -4.40. The number of pyridine rings is 1. The van der Waals surface area contributed by atoms with Gasteiger partial charge in [-0.2, -0.15) is 23.1 Å². The highest BCUT2D eigenvalue weighted by atomic mass is 32.1. The number of ether oxygens (including phenoxy) is 1. The van der Waals surface area contributed by atoms with Crippen LogP contribution in [0, 0.1) is 6.92 Å². The lowest BCUT2D eigenvalue weighted by atomic mass is 10.1. The zero-order valence-corrected chi connectivity index (χ0v) is 17.0. The number of alkyl halides is 3. The summed E-state index contributed by atoms with van der Waals surface area (Å²) in [6.07, 6.45) is -3.74. The highest BCUT2D eigenvalue weighted by Crippen LogP contribution is 2.34. The molecule has 11 heteroatoms. The Morgan fingerprint density at radius 1 is 1.17 bits per heavy atom. The second-order valence-electron chi connectivity index (χ2n) is 6.83. The van der Waals surface area contributed by atoms with Crippen molar-refractivity contribution >= 4 is 17.3 Å².